The maximum atomic E-state index is 13.2. The molecule has 4 heterocycles. The SMILES string of the molecule is C[C@@H]1CN(c2cc(C(=O)Cc3cccnc3)c3c(n2)OCCCC3)C[C@H](C)O1. The molecule has 2 aliphatic rings. The minimum atomic E-state index is 0.0905. The fourth-order valence-corrected chi connectivity index (χ4v) is 4.03. The molecule has 6 nitrogen and oxygen atoms in total. The molecule has 0 N–H and O–H groups in total. The van der Waals surface area contributed by atoms with Crippen molar-refractivity contribution in [2.24, 2.45) is 0 Å². The molecule has 148 valence electrons. The van der Waals surface area contributed by atoms with Crippen molar-refractivity contribution < 1.29 is 14.3 Å². The van der Waals surface area contributed by atoms with Gasteiger partial charge in [0.25, 0.3) is 0 Å². The second-order valence-corrected chi connectivity index (χ2v) is 7.74. The van der Waals surface area contributed by atoms with E-state index in [1.54, 1.807) is 12.4 Å². The van der Waals surface area contributed by atoms with Crippen molar-refractivity contribution in [3.05, 3.63) is 47.3 Å². The van der Waals surface area contributed by atoms with Crippen LogP contribution in [-0.2, 0) is 17.6 Å². The Labute approximate surface area is 165 Å². The Morgan fingerprint density at radius 2 is 2.07 bits per heavy atom. The average Bonchev–Trinajstić information content (AvgIpc) is 2.92. The smallest absolute Gasteiger partial charge is 0.219 e. The Kier molecular flexibility index (Phi) is 5.57. The van der Waals surface area contributed by atoms with E-state index >= 15 is 0 Å². The zero-order valence-electron chi connectivity index (χ0n) is 16.6. The van der Waals surface area contributed by atoms with Crippen LogP contribution in [-0.4, -0.2) is 47.7 Å². The summed E-state index contributed by atoms with van der Waals surface area (Å²) in [5.74, 6) is 1.52. The van der Waals surface area contributed by atoms with Gasteiger partial charge >= 0.3 is 0 Å². The van der Waals surface area contributed by atoms with Crippen molar-refractivity contribution in [3.8, 4) is 5.88 Å². The average molecular weight is 381 g/mol. The Balaban J connectivity index is 1.70. The quantitative estimate of drug-likeness (QED) is 0.758. The molecule has 0 aliphatic carbocycles. The zero-order valence-corrected chi connectivity index (χ0v) is 16.6. The Hall–Kier alpha value is -2.47. The van der Waals surface area contributed by atoms with Crippen LogP contribution >= 0.6 is 0 Å². The summed E-state index contributed by atoms with van der Waals surface area (Å²) in [7, 11) is 0. The third-order valence-corrected chi connectivity index (χ3v) is 5.26. The largest absolute Gasteiger partial charge is 0.477 e. The fraction of sp³-hybridized carbons (Fsp3) is 0.500. The van der Waals surface area contributed by atoms with E-state index in [1.807, 2.05) is 18.2 Å². The molecule has 2 aromatic rings. The molecule has 0 radical (unpaired) electrons. The predicted octanol–water partition coefficient (Wildman–Crippen LogP) is 3.23. The number of nitrogens with zero attached hydrogens (tertiary/aromatic N) is 3. The summed E-state index contributed by atoms with van der Waals surface area (Å²) >= 11 is 0. The molecule has 0 amide bonds. The van der Waals surface area contributed by atoms with E-state index in [9.17, 15) is 4.79 Å². The molecular formula is C22H27N3O3. The van der Waals surface area contributed by atoms with Crippen molar-refractivity contribution in [2.75, 3.05) is 24.6 Å². The lowest BCUT2D eigenvalue weighted by Crippen LogP contribution is -2.46. The predicted molar refractivity (Wildman–Crippen MR) is 107 cm³/mol. The Morgan fingerprint density at radius 1 is 1.25 bits per heavy atom. The molecule has 28 heavy (non-hydrogen) atoms. The second kappa shape index (κ2) is 8.27. The van der Waals surface area contributed by atoms with Crippen molar-refractivity contribution in [3.63, 3.8) is 0 Å². The number of fused-ring (bicyclic) bond motifs is 1. The molecule has 2 aromatic heterocycles. The zero-order chi connectivity index (χ0) is 19.5. The molecule has 6 heteroatoms. The summed E-state index contributed by atoms with van der Waals surface area (Å²) < 4.78 is 11.8. The van der Waals surface area contributed by atoms with Crippen LogP contribution in [0.2, 0.25) is 0 Å². The van der Waals surface area contributed by atoms with E-state index in [2.05, 4.69) is 23.7 Å². The number of pyridine rings is 2. The van der Waals surface area contributed by atoms with Gasteiger partial charge in [-0.1, -0.05) is 6.07 Å². The molecule has 4 rings (SSSR count). The maximum absolute atomic E-state index is 13.2. The number of morpholine rings is 1. The van der Waals surface area contributed by atoms with Crippen LogP contribution in [0.15, 0.2) is 30.6 Å². The van der Waals surface area contributed by atoms with Crippen molar-refractivity contribution in [1.82, 2.24) is 9.97 Å². The van der Waals surface area contributed by atoms with Crippen molar-refractivity contribution >= 4 is 11.6 Å². The number of ketones is 1. The summed E-state index contributed by atoms with van der Waals surface area (Å²) in [6.45, 7) is 6.29. The van der Waals surface area contributed by atoms with Gasteiger partial charge in [-0.05, 0) is 50.8 Å². The Bertz CT molecular complexity index is 830. The number of hydrogen-bond donors (Lipinski definition) is 0. The highest BCUT2D eigenvalue weighted by Gasteiger charge is 2.27. The van der Waals surface area contributed by atoms with E-state index in [0.717, 1.165) is 54.9 Å². The van der Waals surface area contributed by atoms with Gasteiger partial charge in [0, 0.05) is 43.0 Å². The maximum Gasteiger partial charge on any atom is 0.219 e. The van der Waals surface area contributed by atoms with Gasteiger partial charge in [0.05, 0.1) is 18.8 Å². The van der Waals surface area contributed by atoms with Crippen molar-refractivity contribution in [2.45, 2.75) is 51.7 Å². The van der Waals surface area contributed by atoms with E-state index in [0.29, 0.717) is 18.9 Å². The number of hydrogen-bond acceptors (Lipinski definition) is 6. The molecule has 0 bridgehead atoms. The minimum Gasteiger partial charge on any atom is -0.477 e. The molecule has 2 aliphatic heterocycles. The molecule has 1 fully saturated rings. The lowest BCUT2D eigenvalue weighted by molar-refractivity contribution is -0.00549. The summed E-state index contributed by atoms with van der Waals surface area (Å²) in [4.78, 5) is 24.3. The Morgan fingerprint density at radius 3 is 2.82 bits per heavy atom. The summed E-state index contributed by atoms with van der Waals surface area (Å²) in [6, 6.07) is 5.76. The normalized spacial score (nSPS) is 22.1. The highest BCUT2D eigenvalue weighted by molar-refractivity contribution is 6.00. The van der Waals surface area contributed by atoms with Gasteiger partial charge in [0.15, 0.2) is 5.78 Å². The van der Waals surface area contributed by atoms with Gasteiger partial charge in [-0.2, -0.15) is 4.98 Å². The third kappa shape index (κ3) is 4.17. The van der Waals surface area contributed by atoms with Crippen LogP contribution in [0.4, 0.5) is 5.82 Å². The van der Waals surface area contributed by atoms with E-state index in [-0.39, 0.29) is 18.0 Å². The van der Waals surface area contributed by atoms with Gasteiger partial charge in [-0.3, -0.25) is 9.78 Å². The number of carbonyl (C=O) groups excluding carboxylic acids is 1. The molecule has 2 atom stereocenters. The standard InChI is InChI=1S/C22H27N3O3/c1-15-13-25(14-16(2)28-15)21-11-19(18-7-3-4-9-27-22(18)24-21)20(26)10-17-6-5-8-23-12-17/h5-6,8,11-12,15-16H,3-4,7,9-10,13-14H2,1-2H3/t15-,16+. The summed E-state index contributed by atoms with van der Waals surface area (Å²) in [6.07, 6.45) is 6.87. The molecule has 0 aromatic carbocycles. The van der Waals surface area contributed by atoms with Gasteiger partial charge in [-0.15, -0.1) is 0 Å². The monoisotopic (exact) mass is 381 g/mol. The number of anilines is 1. The molecule has 0 unspecified atom stereocenters. The van der Waals surface area contributed by atoms with Crippen LogP contribution in [0.5, 0.6) is 5.88 Å². The van der Waals surface area contributed by atoms with Gasteiger partial charge < -0.3 is 14.4 Å². The van der Waals surface area contributed by atoms with Gasteiger partial charge in [0.1, 0.15) is 5.82 Å². The number of ether oxygens (including phenoxy) is 2. The highest BCUT2D eigenvalue weighted by Crippen LogP contribution is 2.31. The van der Waals surface area contributed by atoms with Crippen molar-refractivity contribution in [1.29, 1.82) is 0 Å². The molecule has 0 spiro atoms. The lowest BCUT2D eigenvalue weighted by Gasteiger charge is -2.36. The third-order valence-electron chi connectivity index (χ3n) is 5.26. The highest BCUT2D eigenvalue weighted by atomic mass is 16.5. The minimum absolute atomic E-state index is 0.0905. The lowest BCUT2D eigenvalue weighted by atomic mass is 9.97. The molecule has 0 saturated carbocycles. The van der Waals surface area contributed by atoms with Gasteiger partial charge in [-0.25, -0.2) is 0 Å². The number of Topliss-reactive ketones (excluding diaryl/α,β-unsaturated/α-hetero) is 1. The number of carbonyl (C=O) groups is 1. The fourth-order valence-electron chi connectivity index (χ4n) is 4.03. The first-order chi connectivity index (χ1) is 13.6. The molecular weight excluding hydrogens is 354 g/mol. The van der Waals surface area contributed by atoms with Crippen LogP contribution < -0.4 is 9.64 Å². The van der Waals surface area contributed by atoms with E-state index < -0.39 is 0 Å². The first-order valence-corrected chi connectivity index (χ1v) is 10.1. The summed E-state index contributed by atoms with van der Waals surface area (Å²) in [5.41, 5.74) is 2.60. The first kappa shape index (κ1) is 18.9. The van der Waals surface area contributed by atoms with Crippen LogP contribution in [0.25, 0.3) is 0 Å². The van der Waals surface area contributed by atoms with E-state index in [4.69, 9.17) is 14.5 Å². The van der Waals surface area contributed by atoms with E-state index in [1.165, 1.54) is 0 Å². The van der Waals surface area contributed by atoms with Gasteiger partial charge in [0.2, 0.25) is 5.88 Å². The second-order valence-electron chi connectivity index (χ2n) is 7.74. The number of aromatic nitrogens is 2. The number of rotatable bonds is 4. The van der Waals surface area contributed by atoms with Crippen LogP contribution in [0.3, 0.4) is 0 Å². The first-order valence-electron chi connectivity index (χ1n) is 10.1. The molecule has 1 saturated heterocycles. The summed E-state index contributed by atoms with van der Waals surface area (Å²) in [5, 5.41) is 0. The topological polar surface area (TPSA) is 64.6 Å². The van der Waals surface area contributed by atoms with Crippen LogP contribution in [0.1, 0.15) is 48.2 Å². The van der Waals surface area contributed by atoms with Crippen LogP contribution in [0, 0.1) is 0 Å².